The van der Waals surface area contributed by atoms with Gasteiger partial charge in [0.05, 0.1) is 0 Å². The topological polar surface area (TPSA) is 101 Å². The van der Waals surface area contributed by atoms with E-state index in [2.05, 4.69) is 15.5 Å². The molecule has 1 aromatic carbocycles. The van der Waals surface area contributed by atoms with Crippen molar-refractivity contribution >= 4 is 32.6 Å². The van der Waals surface area contributed by atoms with Crippen molar-refractivity contribution in [1.82, 2.24) is 14.5 Å². The number of hydrogen-bond acceptors (Lipinski definition) is 7. The van der Waals surface area contributed by atoms with Crippen LogP contribution in [0.15, 0.2) is 34.7 Å². The smallest absolute Gasteiger partial charge is 0.410 e. The van der Waals surface area contributed by atoms with Crippen LogP contribution in [0.5, 0.6) is 5.75 Å². The molecule has 2 rings (SSSR count). The first kappa shape index (κ1) is 16.3. The molecule has 22 heavy (non-hydrogen) atoms. The molecule has 8 nitrogen and oxygen atoms in total. The van der Waals surface area contributed by atoms with Gasteiger partial charge >= 0.3 is 6.09 Å². The molecule has 0 spiro atoms. The highest BCUT2D eigenvalue weighted by molar-refractivity contribution is 7.91. The van der Waals surface area contributed by atoms with Crippen molar-refractivity contribution in [2.75, 3.05) is 18.9 Å². The summed E-state index contributed by atoms with van der Waals surface area (Å²) in [7, 11) is -2.24. The highest BCUT2D eigenvalue weighted by atomic mass is 32.2. The highest BCUT2D eigenvalue weighted by Crippen LogP contribution is 2.22. The predicted molar refractivity (Wildman–Crippen MR) is 81.5 cm³/mol. The summed E-state index contributed by atoms with van der Waals surface area (Å²) in [5, 5.41) is 9.60. The maximum absolute atomic E-state index is 12.0. The molecule has 1 amide bonds. The van der Waals surface area contributed by atoms with E-state index in [0.29, 0.717) is 12.3 Å². The van der Waals surface area contributed by atoms with Crippen molar-refractivity contribution in [3.05, 3.63) is 30.3 Å². The van der Waals surface area contributed by atoms with E-state index in [1.165, 1.54) is 7.05 Å². The zero-order valence-electron chi connectivity index (χ0n) is 11.9. The molecule has 0 aliphatic heterocycles. The average Bonchev–Trinajstić information content (AvgIpc) is 2.96. The number of rotatable bonds is 5. The molecule has 0 radical (unpaired) electrons. The van der Waals surface area contributed by atoms with E-state index < -0.39 is 16.1 Å². The van der Waals surface area contributed by atoms with Crippen LogP contribution in [0.1, 0.15) is 6.92 Å². The molecule has 2 aromatic rings. The lowest BCUT2D eigenvalue weighted by atomic mass is 10.3. The largest absolute Gasteiger partial charge is 0.418 e. The van der Waals surface area contributed by atoms with Crippen LogP contribution in [0.25, 0.3) is 0 Å². The number of aromatic nitrogens is 2. The molecule has 0 unspecified atom stereocenters. The van der Waals surface area contributed by atoms with Crippen molar-refractivity contribution in [2.24, 2.45) is 0 Å². The number of nitrogens with zero attached hydrogens (tertiary/aromatic N) is 3. The minimum atomic E-state index is -3.68. The molecule has 0 saturated carbocycles. The first-order valence-electron chi connectivity index (χ1n) is 6.27. The molecule has 0 aliphatic rings. The van der Waals surface area contributed by atoms with Gasteiger partial charge in [0.1, 0.15) is 5.75 Å². The Morgan fingerprint density at radius 2 is 2.00 bits per heavy atom. The Balaban J connectivity index is 2.05. The number of para-hydroxylation sites is 1. The summed E-state index contributed by atoms with van der Waals surface area (Å²) in [5.41, 5.74) is 0. The number of carbonyl (C=O) groups is 1. The van der Waals surface area contributed by atoms with Crippen molar-refractivity contribution in [1.29, 1.82) is 0 Å². The third-order valence-corrected chi connectivity index (χ3v) is 5.76. The fourth-order valence-electron chi connectivity index (χ4n) is 1.38. The Morgan fingerprint density at radius 3 is 2.64 bits per heavy atom. The molecule has 10 heteroatoms. The number of nitrogens with one attached hydrogen (secondary N) is 1. The van der Waals surface area contributed by atoms with E-state index in [1.54, 1.807) is 37.3 Å². The number of anilines is 1. The fraction of sp³-hybridized carbons (Fsp3) is 0.250. The lowest BCUT2D eigenvalue weighted by molar-refractivity contribution is 0.215. The number of sulfonamides is 1. The van der Waals surface area contributed by atoms with E-state index in [9.17, 15) is 13.2 Å². The normalized spacial score (nSPS) is 11.4. The van der Waals surface area contributed by atoms with Crippen LogP contribution < -0.4 is 10.1 Å². The van der Waals surface area contributed by atoms with Gasteiger partial charge in [-0.25, -0.2) is 13.2 Å². The summed E-state index contributed by atoms with van der Waals surface area (Å²) in [5.74, 6) is 0.364. The summed E-state index contributed by atoms with van der Waals surface area (Å²) in [6.07, 6.45) is -0.768. The molecule has 0 bridgehead atoms. The van der Waals surface area contributed by atoms with E-state index in [-0.39, 0.29) is 9.47 Å². The molecule has 0 saturated heterocycles. The minimum Gasteiger partial charge on any atom is -0.410 e. The van der Waals surface area contributed by atoms with Gasteiger partial charge in [-0.3, -0.25) is 5.32 Å². The van der Waals surface area contributed by atoms with Gasteiger partial charge in [0.2, 0.25) is 9.47 Å². The fourth-order valence-corrected chi connectivity index (χ4v) is 3.63. The zero-order chi connectivity index (χ0) is 16.2. The third-order valence-electron chi connectivity index (χ3n) is 2.65. The van der Waals surface area contributed by atoms with Crippen LogP contribution >= 0.6 is 11.3 Å². The van der Waals surface area contributed by atoms with Gasteiger partial charge in [-0.2, -0.15) is 4.31 Å². The van der Waals surface area contributed by atoms with Gasteiger partial charge in [-0.15, -0.1) is 10.2 Å². The lowest BCUT2D eigenvalue weighted by Gasteiger charge is -2.10. The van der Waals surface area contributed by atoms with Gasteiger partial charge in [0, 0.05) is 13.6 Å². The van der Waals surface area contributed by atoms with E-state index in [0.717, 1.165) is 15.6 Å². The second-order valence-corrected chi connectivity index (χ2v) is 7.32. The number of benzene rings is 1. The molecule has 0 atom stereocenters. The molecule has 0 fully saturated rings. The van der Waals surface area contributed by atoms with Crippen molar-refractivity contribution in [3.8, 4) is 5.75 Å². The summed E-state index contributed by atoms with van der Waals surface area (Å²) < 4.78 is 30.0. The van der Waals surface area contributed by atoms with Gasteiger partial charge in [-0.05, 0) is 12.1 Å². The SMILES string of the molecule is CCN(C)S(=O)(=O)c1nnc(NC(=O)Oc2ccccc2)s1. The average molecular weight is 342 g/mol. The van der Waals surface area contributed by atoms with Gasteiger partial charge in [-0.1, -0.05) is 36.5 Å². The first-order valence-corrected chi connectivity index (χ1v) is 8.53. The Bertz CT molecular complexity index is 745. The number of amides is 1. The molecule has 1 N–H and O–H groups in total. The van der Waals surface area contributed by atoms with Crippen LogP contribution in [0.2, 0.25) is 0 Å². The molecule has 0 aliphatic carbocycles. The van der Waals surface area contributed by atoms with Crippen LogP contribution in [0.4, 0.5) is 9.93 Å². The predicted octanol–water partition coefficient (Wildman–Crippen LogP) is 1.79. The summed E-state index contributed by atoms with van der Waals surface area (Å²) >= 11 is 0.759. The minimum absolute atomic E-state index is 0.0454. The molecule has 1 heterocycles. The highest BCUT2D eigenvalue weighted by Gasteiger charge is 2.25. The number of ether oxygens (including phenoxy) is 1. The van der Waals surface area contributed by atoms with E-state index in [4.69, 9.17) is 4.74 Å². The Labute approximate surface area is 131 Å². The monoisotopic (exact) mass is 342 g/mol. The second kappa shape index (κ2) is 6.81. The van der Waals surface area contributed by atoms with Crippen LogP contribution in [-0.2, 0) is 10.0 Å². The number of carbonyl (C=O) groups excluding carboxylic acids is 1. The standard InChI is InChI=1S/C12H14N4O4S2/c1-3-16(2)22(18,19)12-15-14-10(21-12)13-11(17)20-9-7-5-4-6-8-9/h4-8H,3H2,1-2H3,(H,13,14,17). The summed E-state index contributed by atoms with van der Waals surface area (Å²) in [6, 6.07) is 8.46. The van der Waals surface area contributed by atoms with Crippen molar-refractivity contribution in [2.45, 2.75) is 11.3 Å². The molecular formula is C12H14N4O4S2. The van der Waals surface area contributed by atoms with Crippen molar-refractivity contribution in [3.63, 3.8) is 0 Å². The summed E-state index contributed by atoms with van der Waals surface area (Å²) in [6.45, 7) is 2.01. The molecular weight excluding hydrogens is 328 g/mol. The Hall–Kier alpha value is -2.04. The lowest BCUT2D eigenvalue weighted by Crippen LogP contribution is -2.26. The quantitative estimate of drug-likeness (QED) is 0.831. The Morgan fingerprint density at radius 1 is 1.32 bits per heavy atom. The van der Waals surface area contributed by atoms with E-state index >= 15 is 0 Å². The zero-order valence-corrected chi connectivity index (χ0v) is 13.5. The first-order chi connectivity index (χ1) is 10.4. The van der Waals surface area contributed by atoms with Crippen LogP contribution in [0.3, 0.4) is 0 Å². The van der Waals surface area contributed by atoms with Gasteiger partial charge in [0.25, 0.3) is 10.0 Å². The van der Waals surface area contributed by atoms with Crippen LogP contribution in [-0.4, -0.2) is 42.6 Å². The molecule has 118 valence electrons. The van der Waals surface area contributed by atoms with E-state index in [1.807, 2.05) is 0 Å². The third kappa shape index (κ3) is 3.78. The second-order valence-electron chi connectivity index (χ2n) is 4.12. The maximum atomic E-state index is 12.0. The maximum Gasteiger partial charge on any atom is 0.418 e. The molecule has 1 aromatic heterocycles. The Kier molecular flexibility index (Phi) is 5.06. The van der Waals surface area contributed by atoms with Crippen molar-refractivity contribution < 1.29 is 17.9 Å². The summed E-state index contributed by atoms with van der Waals surface area (Å²) in [4.78, 5) is 11.7. The van der Waals surface area contributed by atoms with Crippen LogP contribution in [0, 0.1) is 0 Å². The number of hydrogen-bond donors (Lipinski definition) is 1. The van der Waals surface area contributed by atoms with Gasteiger partial charge < -0.3 is 4.74 Å². The van der Waals surface area contributed by atoms with Gasteiger partial charge in [0.15, 0.2) is 0 Å².